The molecule has 24 heavy (non-hydrogen) atoms. The number of rotatable bonds is 3. The van der Waals surface area contributed by atoms with E-state index in [1.165, 1.54) is 11.1 Å². The van der Waals surface area contributed by atoms with E-state index in [2.05, 4.69) is 31.2 Å². The van der Waals surface area contributed by atoms with Crippen molar-refractivity contribution in [1.82, 2.24) is 4.90 Å². The molecular formula is C21H23NO2. The minimum atomic E-state index is 0.128. The van der Waals surface area contributed by atoms with Crippen LogP contribution in [-0.2, 0) is 11.3 Å². The van der Waals surface area contributed by atoms with Crippen LogP contribution >= 0.6 is 0 Å². The van der Waals surface area contributed by atoms with E-state index in [0.29, 0.717) is 13.1 Å². The fourth-order valence-corrected chi connectivity index (χ4v) is 3.77. The maximum absolute atomic E-state index is 12.5. The van der Waals surface area contributed by atoms with Gasteiger partial charge in [0.15, 0.2) is 0 Å². The van der Waals surface area contributed by atoms with Crippen molar-refractivity contribution in [2.24, 2.45) is 0 Å². The van der Waals surface area contributed by atoms with Crippen LogP contribution in [-0.4, -0.2) is 23.5 Å². The Labute approximate surface area is 143 Å². The molecular weight excluding hydrogens is 298 g/mol. The first-order valence-corrected chi connectivity index (χ1v) is 8.80. The average Bonchev–Trinajstić information content (AvgIpc) is 2.92. The summed E-state index contributed by atoms with van der Waals surface area (Å²) in [6.45, 7) is 3.50. The fourth-order valence-electron chi connectivity index (χ4n) is 3.77. The van der Waals surface area contributed by atoms with E-state index in [-0.39, 0.29) is 18.1 Å². The molecule has 1 saturated heterocycles. The van der Waals surface area contributed by atoms with Crippen molar-refractivity contribution in [2.75, 3.05) is 6.54 Å². The van der Waals surface area contributed by atoms with Crippen LogP contribution in [0.2, 0.25) is 0 Å². The molecule has 0 saturated carbocycles. The number of fused-ring (bicyclic) bond motifs is 1. The van der Waals surface area contributed by atoms with Gasteiger partial charge >= 0.3 is 0 Å². The SMILES string of the molecule is Cc1ccc([C@@H]2CCC[C@H](CN3Cc4ccccc4C3=O)O2)cc1. The highest BCUT2D eigenvalue weighted by Gasteiger charge is 2.31. The number of benzene rings is 2. The molecule has 1 fully saturated rings. The molecule has 2 aromatic carbocycles. The number of hydrogen-bond donors (Lipinski definition) is 0. The van der Waals surface area contributed by atoms with Crippen LogP contribution in [0.1, 0.15) is 52.4 Å². The molecule has 124 valence electrons. The lowest BCUT2D eigenvalue weighted by atomic mass is 9.97. The lowest BCUT2D eigenvalue weighted by Crippen LogP contribution is -2.36. The number of carbonyl (C=O) groups is 1. The maximum atomic E-state index is 12.5. The van der Waals surface area contributed by atoms with Gasteiger partial charge in [0.1, 0.15) is 0 Å². The highest BCUT2D eigenvalue weighted by atomic mass is 16.5. The third kappa shape index (κ3) is 2.96. The summed E-state index contributed by atoms with van der Waals surface area (Å²) in [6, 6.07) is 16.5. The molecule has 2 aliphatic heterocycles. The van der Waals surface area contributed by atoms with Crippen LogP contribution in [0.15, 0.2) is 48.5 Å². The molecule has 1 amide bonds. The molecule has 0 aromatic heterocycles. The van der Waals surface area contributed by atoms with E-state index < -0.39 is 0 Å². The van der Waals surface area contributed by atoms with Crippen molar-refractivity contribution >= 4 is 5.91 Å². The zero-order valence-corrected chi connectivity index (χ0v) is 14.1. The van der Waals surface area contributed by atoms with Crippen molar-refractivity contribution in [2.45, 2.75) is 44.9 Å². The summed E-state index contributed by atoms with van der Waals surface area (Å²) in [4.78, 5) is 14.5. The Kier molecular flexibility index (Phi) is 4.11. The van der Waals surface area contributed by atoms with Crippen LogP contribution in [0.4, 0.5) is 0 Å². The van der Waals surface area contributed by atoms with E-state index in [0.717, 1.165) is 30.4 Å². The second-order valence-electron chi connectivity index (χ2n) is 6.93. The summed E-state index contributed by atoms with van der Waals surface area (Å²) in [5.41, 5.74) is 4.50. The zero-order chi connectivity index (χ0) is 16.5. The molecule has 2 aliphatic rings. The smallest absolute Gasteiger partial charge is 0.254 e. The molecule has 2 heterocycles. The average molecular weight is 321 g/mol. The van der Waals surface area contributed by atoms with Crippen LogP contribution in [0, 0.1) is 6.92 Å². The summed E-state index contributed by atoms with van der Waals surface area (Å²) in [5, 5.41) is 0. The molecule has 2 atom stereocenters. The molecule has 0 bridgehead atoms. The second-order valence-corrected chi connectivity index (χ2v) is 6.93. The van der Waals surface area contributed by atoms with Crippen molar-refractivity contribution in [3.63, 3.8) is 0 Å². The van der Waals surface area contributed by atoms with Gasteiger partial charge in [-0.05, 0) is 43.4 Å². The molecule has 0 spiro atoms. The topological polar surface area (TPSA) is 29.5 Å². The Morgan fingerprint density at radius 3 is 2.67 bits per heavy atom. The molecule has 0 radical (unpaired) electrons. The largest absolute Gasteiger partial charge is 0.368 e. The highest BCUT2D eigenvalue weighted by Crippen LogP contribution is 2.33. The van der Waals surface area contributed by atoms with Crippen molar-refractivity contribution in [3.8, 4) is 0 Å². The third-order valence-electron chi connectivity index (χ3n) is 5.12. The Morgan fingerprint density at radius 1 is 1.08 bits per heavy atom. The standard InChI is InChI=1S/C21H23NO2/c1-15-9-11-16(12-10-15)20-8-4-6-18(24-20)14-22-13-17-5-2-3-7-19(17)21(22)23/h2-3,5,7,9-12,18,20H,4,6,8,13-14H2,1H3/t18-,20+/m1/s1. The summed E-state index contributed by atoms with van der Waals surface area (Å²) in [6.07, 6.45) is 3.53. The number of carbonyl (C=O) groups excluding carboxylic acids is 1. The van der Waals surface area contributed by atoms with Gasteiger partial charge in [0.05, 0.1) is 12.2 Å². The number of ether oxygens (including phenoxy) is 1. The second kappa shape index (κ2) is 6.40. The lowest BCUT2D eigenvalue weighted by Gasteiger charge is -2.33. The third-order valence-corrected chi connectivity index (χ3v) is 5.12. The normalized spacial score (nSPS) is 23.4. The minimum Gasteiger partial charge on any atom is -0.368 e. The van der Waals surface area contributed by atoms with E-state index in [1.54, 1.807) is 0 Å². The van der Waals surface area contributed by atoms with E-state index in [9.17, 15) is 4.79 Å². The quantitative estimate of drug-likeness (QED) is 0.845. The van der Waals surface area contributed by atoms with Gasteiger partial charge in [0, 0.05) is 18.7 Å². The predicted molar refractivity (Wildman–Crippen MR) is 93.8 cm³/mol. The van der Waals surface area contributed by atoms with E-state index >= 15 is 0 Å². The Morgan fingerprint density at radius 2 is 1.88 bits per heavy atom. The van der Waals surface area contributed by atoms with Gasteiger partial charge in [-0.1, -0.05) is 48.0 Å². The molecule has 0 aliphatic carbocycles. The molecule has 3 nitrogen and oxygen atoms in total. The van der Waals surface area contributed by atoms with Crippen LogP contribution in [0.5, 0.6) is 0 Å². The van der Waals surface area contributed by atoms with Gasteiger partial charge in [-0.3, -0.25) is 4.79 Å². The van der Waals surface area contributed by atoms with E-state index in [1.807, 2.05) is 29.2 Å². The molecule has 0 N–H and O–H groups in total. The first-order valence-electron chi connectivity index (χ1n) is 8.80. The Hall–Kier alpha value is -2.13. The Balaban J connectivity index is 1.42. The molecule has 2 aromatic rings. The number of nitrogens with zero attached hydrogens (tertiary/aromatic N) is 1. The minimum absolute atomic E-state index is 0.128. The number of aryl methyl sites for hydroxylation is 1. The van der Waals surface area contributed by atoms with Crippen LogP contribution in [0.25, 0.3) is 0 Å². The van der Waals surface area contributed by atoms with Gasteiger partial charge in [-0.2, -0.15) is 0 Å². The monoisotopic (exact) mass is 321 g/mol. The zero-order valence-electron chi connectivity index (χ0n) is 14.1. The van der Waals surface area contributed by atoms with Gasteiger partial charge in [-0.25, -0.2) is 0 Å². The van der Waals surface area contributed by atoms with Crippen LogP contribution in [0.3, 0.4) is 0 Å². The molecule has 3 heteroatoms. The highest BCUT2D eigenvalue weighted by molar-refractivity contribution is 5.98. The van der Waals surface area contributed by atoms with Crippen LogP contribution < -0.4 is 0 Å². The molecule has 0 unspecified atom stereocenters. The van der Waals surface area contributed by atoms with Crippen molar-refractivity contribution in [3.05, 3.63) is 70.8 Å². The number of amides is 1. The number of hydrogen-bond acceptors (Lipinski definition) is 2. The predicted octanol–water partition coefficient (Wildman–Crippen LogP) is 4.26. The maximum Gasteiger partial charge on any atom is 0.254 e. The lowest BCUT2D eigenvalue weighted by molar-refractivity contribution is -0.0616. The summed E-state index contributed by atoms with van der Waals surface area (Å²) in [5.74, 6) is 0.145. The van der Waals surface area contributed by atoms with Crippen molar-refractivity contribution in [1.29, 1.82) is 0 Å². The van der Waals surface area contributed by atoms with Gasteiger partial charge in [0.25, 0.3) is 5.91 Å². The van der Waals surface area contributed by atoms with Crippen molar-refractivity contribution < 1.29 is 9.53 Å². The first kappa shape index (κ1) is 15.4. The van der Waals surface area contributed by atoms with Gasteiger partial charge in [-0.15, -0.1) is 0 Å². The van der Waals surface area contributed by atoms with E-state index in [4.69, 9.17) is 4.74 Å². The summed E-state index contributed by atoms with van der Waals surface area (Å²) in [7, 11) is 0. The van der Waals surface area contributed by atoms with Gasteiger partial charge in [0.2, 0.25) is 0 Å². The summed E-state index contributed by atoms with van der Waals surface area (Å²) < 4.78 is 6.33. The first-order chi connectivity index (χ1) is 11.7. The van der Waals surface area contributed by atoms with Gasteiger partial charge < -0.3 is 9.64 Å². The summed E-state index contributed by atoms with van der Waals surface area (Å²) >= 11 is 0. The molecule has 4 rings (SSSR count). The fraction of sp³-hybridized carbons (Fsp3) is 0.381. The Bertz CT molecular complexity index is 738.